The normalized spacial score (nSPS) is 11.0. The lowest BCUT2D eigenvalue weighted by Crippen LogP contribution is -2.21. The van der Waals surface area contributed by atoms with Gasteiger partial charge in [-0.05, 0) is 19.1 Å². The number of fused-ring (bicyclic) bond motifs is 1. The minimum atomic E-state index is -0.402. The Balaban J connectivity index is 1.91. The zero-order valence-corrected chi connectivity index (χ0v) is 13.5. The van der Waals surface area contributed by atoms with Crippen molar-refractivity contribution in [2.75, 3.05) is 11.9 Å². The Kier molecular flexibility index (Phi) is 3.76. The lowest BCUT2D eigenvalue weighted by molar-refractivity contribution is -0.385. The summed E-state index contributed by atoms with van der Waals surface area (Å²) in [5, 5.41) is 18.9. The largest absolute Gasteiger partial charge is 0.367 e. The highest BCUT2D eigenvalue weighted by Gasteiger charge is 2.15. The van der Waals surface area contributed by atoms with Gasteiger partial charge in [0, 0.05) is 43.8 Å². The molecule has 0 aliphatic rings. The zero-order valence-electron chi connectivity index (χ0n) is 13.5. The average molecular weight is 328 g/mol. The summed E-state index contributed by atoms with van der Waals surface area (Å²) in [6, 6.07) is 4.92. The SMILES string of the molecule is Cc1cc(N(C)Cc2nnc3c(=O)n(C)ccn23)ccc1[N+](=O)[O-]. The van der Waals surface area contributed by atoms with E-state index in [9.17, 15) is 14.9 Å². The molecule has 124 valence electrons. The molecule has 0 aliphatic carbocycles. The van der Waals surface area contributed by atoms with Crippen LogP contribution in [-0.2, 0) is 13.6 Å². The Labute approximate surface area is 136 Å². The van der Waals surface area contributed by atoms with Gasteiger partial charge in [-0.15, -0.1) is 10.2 Å². The van der Waals surface area contributed by atoms with E-state index >= 15 is 0 Å². The monoisotopic (exact) mass is 328 g/mol. The number of rotatable bonds is 4. The van der Waals surface area contributed by atoms with Crippen LogP contribution in [0, 0.1) is 17.0 Å². The van der Waals surface area contributed by atoms with Crippen molar-refractivity contribution >= 4 is 17.0 Å². The second kappa shape index (κ2) is 5.76. The van der Waals surface area contributed by atoms with Gasteiger partial charge in [-0.1, -0.05) is 0 Å². The molecule has 0 amide bonds. The lowest BCUT2D eigenvalue weighted by atomic mass is 10.1. The maximum absolute atomic E-state index is 12.0. The van der Waals surface area contributed by atoms with E-state index in [-0.39, 0.29) is 16.9 Å². The first-order valence-corrected chi connectivity index (χ1v) is 7.24. The molecule has 0 fully saturated rings. The molecular formula is C15H16N6O3. The first-order chi connectivity index (χ1) is 11.4. The topological polar surface area (TPSA) is 98.6 Å². The number of hydrogen-bond donors (Lipinski definition) is 0. The number of hydrogen-bond acceptors (Lipinski definition) is 6. The number of aromatic nitrogens is 4. The fraction of sp³-hybridized carbons (Fsp3) is 0.267. The zero-order chi connectivity index (χ0) is 17.4. The van der Waals surface area contributed by atoms with Crippen LogP contribution in [0.2, 0.25) is 0 Å². The Bertz CT molecular complexity index is 991. The maximum Gasteiger partial charge on any atom is 0.295 e. The molecule has 1 aromatic carbocycles. The van der Waals surface area contributed by atoms with Crippen LogP contribution in [0.4, 0.5) is 11.4 Å². The van der Waals surface area contributed by atoms with E-state index in [2.05, 4.69) is 10.2 Å². The van der Waals surface area contributed by atoms with Crippen molar-refractivity contribution in [1.82, 2.24) is 19.2 Å². The van der Waals surface area contributed by atoms with Gasteiger partial charge in [0.2, 0.25) is 5.65 Å². The summed E-state index contributed by atoms with van der Waals surface area (Å²) >= 11 is 0. The van der Waals surface area contributed by atoms with Crippen molar-refractivity contribution in [3.05, 3.63) is 62.4 Å². The van der Waals surface area contributed by atoms with Crippen molar-refractivity contribution < 1.29 is 4.92 Å². The standard InChI is InChI=1S/C15H16N6O3/c1-10-8-11(4-5-12(10)21(23)24)19(3)9-13-16-17-14-15(22)18(2)6-7-20(13)14/h4-8H,9H2,1-3H3. The van der Waals surface area contributed by atoms with Gasteiger partial charge in [0.25, 0.3) is 11.2 Å². The summed E-state index contributed by atoms with van der Waals surface area (Å²) in [5.74, 6) is 0.612. The van der Waals surface area contributed by atoms with Crippen molar-refractivity contribution in [1.29, 1.82) is 0 Å². The van der Waals surface area contributed by atoms with Gasteiger partial charge in [0.15, 0.2) is 5.82 Å². The summed E-state index contributed by atoms with van der Waals surface area (Å²) in [5.41, 5.74) is 1.54. The molecule has 0 unspecified atom stereocenters. The highest BCUT2D eigenvalue weighted by atomic mass is 16.6. The Hall–Kier alpha value is -3.23. The fourth-order valence-electron chi connectivity index (χ4n) is 2.51. The van der Waals surface area contributed by atoms with Gasteiger partial charge in [0.1, 0.15) is 0 Å². The predicted octanol–water partition coefficient (Wildman–Crippen LogP) is 1.28. The van der Waals surface area contributed by atoms with Crippen LogP contribution >= 0.6 is 0 Å². The number of nitrogens with zero attached hydrogens (tertiary/aromatic N) is 6. The third-order valence-electron chi connectivity index (χ3n) is 3.91. The van der Waals surface area contributed by atoms with E-state index in [1.54, 1.807) is 42.9 Å². The number of nitro benzene ring substituents is 1. The first-order valence-electron chi connectivity index (χ1n) is 7.24. The Morgan fingerprint density at radius 1 is 1.29 bits per heavy atom. The smallest absolute Gasteiger partial charge is 0.295 e. The molecule has 0 spiro atoms. The highest BCUT2D eigenvalue weighted by Crippen LogP contribution is 2.24. The van der Waals surface area contributed by atoms with E-state index < -0.39 is 4.92 Å². The molecule has 0 bridgehead atoms. The van der Waals surface area contributed by atoms with Gasteiger partial charge in [-0.2, -0.15) is 0 Å². The van der Waals surface area contributed by atoms with Crippen molar-refractivity contribution in [3.63, 3.8) is 0 Å². The molecule has 0 N–H and O–H groups in total. The van der Waals surface area contributed by atoms with Crippen LogP contribution in [0.3, 0.4) is 0 Å². The predicted molar refractivity (Wildman–Crippen MR) is 88.2 cm³/mol. The summed E-state index contributed by atoms with van der Waals surface area (Å²) in [7, 11) is 3.51. The minimum absolute atomic E-state index is 0.0866. The second-order valence-electron chi connectivity index (χ2n) is 5.61. The van der Waals surface area contributed by atoms with Crippen molar-refractivity contribution in [2.45, 2.75) is 13.5 Å². The van der Waals surface area contributed by atoms with E-state index in [1.807, 2.05) is 11.9 Å². The first kappa shape index (κ1) is 15.7. The van der Waals surface area contributed by atoms with Crippen molar-refractivity contribution in [3.8, 4) is 0 Å². The molecule has 24 heavy (non-hydrogen) atoms. The van der Waals surface area contributed by atoms with Crippen molar-refractivity contribution in [2.24, 2.45) is 7.05 Å². The molecule has 9 heteroatoms. The molecule has 9 nitrogen and oxygen atoms in total. The quantitative estimate of drug-likeness (QED) is 0.528. The molecule has 0 saturated heterocycles. The molecule has 2 aromatic heterocycles. The minimum Gasteiger partial charge on any atom is -0.367 e. The number of nitro groups is 1. The molecule has 0 aliphatic heterocycles. The fourth-order valence-corrected chi connectivity index (χ4v) is 2.51. The maximum atomic E-state index is 12.0. The average Bonchev–Trinajstić information content (AvgIpc) is 2.94. The van der Waals surface area contributed by atoms with E-state index in [4.69, 9.17) is 0 Å². The van der Waals surface area contributed by atoms with Gasteiger partial charge < -0.3 is 9.47 Å². The molecule has 2 heterocycles. The van der Waals surface area contributed by atoms with Crippen LogP contribution < -0.4 is 10.5 Å². The molecule has 0 atom stereocenters. The van der Waals surface area contributed by atoms with Crippen LogP contribution in [-0.4, -0.2) is 31.1 Å². The third kappa shape index (κ3) is 2.60. The third-order valence-corrected chi connectivity index (χ3v) is 3.91. The summed E-state index contributed by atoms with van der Waals surface area (Å²) in [6.07, 6.45) is 3.39. The number of aryl methyl sites for hydroxylation is 2. The van der Waals surface area contributed by atoms with Crippen LogP contribution in [0.5, 0.6) is 0 Å². The Morgan fingerprint density at radius 3 is 2.71 bits per heavy atom. The molecule has 0 radical (unpaired) electrons. The lowest BCUT2D eigenvalue weighted by Gasteiger charge is -2.18. The molecule has 3 aromatic rings. The highest BCUT2D eigenvalue weighted by molar-refractivity contribution is 5.55. The number of benzene rings is 1. The number of anilines is 1. The Morgan fingerprint density at radius 2 is 2.04 bits per heavy atom. The van der Waals surface area contributed by atoms with E-state index in [0.717, 1.165) is 5.69 Å². The van der Waals surface area contributed by atoms with Gasteiger partial charge in [-0.25, -0.2) is 0 Å². The van der Waals surface area contributed by atoms with E-state index in [1.165, 1.54) is 10.6 Å². The molecule has 0 saturated carbocycles. The summed E-state index contributed by atoms with van der Waals surface area (Å²) in [4.78, 5) is 24.4. The van der Waals surface area contributed by atoms with Crippen LogP contribution in [0.1, 0.15) is 11.4 Å². The van der Waals surface area contributed by atoms with Gasteiger partial charge in [0.05, 0.1) is 11.5 Å². The molecule has 3 rings (SSSR count). The van der Waals surface area contributed by atoms with E-state index in [0.29, 0.717) is 17.9 Å². The van der Waals surface area contributed by atoms with Gasteiger partial charge >= 0.3 is 0 Å². The summed E-state index contributed by atoms with van der Waals surface area (Å²) < 4.78 is 3.09. The van der Waals surface area contributed by atoms with Crippen LogP contribution in [0.15, 0.2) is 35.4 Å². The van der Waals surface area contributed by atoms with Crippen LogP contribution in [0.25, 0.3) is 5.65 Å². The second-order valence-corrected chi connectivity index (χ2v) is 5.61. The van der Waals surface area contributed by atoms with Gasteiger partial charge in [-0.3, -0.25) is 19.3 Å². The summed E-state index contributed by atoms with van der Waals surface area (Å²) in [6.45, 7) is 2.11. The molecular weight excluding hydrogens is 312 g/mol.